The Morgan fingerprint density at radius 3 is 2.57 bits per heavy atom. The van der Waals surface area contributed by atoms with E-state index in [2.05, 4.69) is 42.0 Å². The van der Waals surface area contributed by atoms with E-state index < -0.39 is 0 Å². The Morgan fingerprint density at radius 2 is 1.80 bits per heavy atom. The second kappa shape index (κ2) is 8.17. The van der Waals surface area contributed by atoms with Gasteiger partial charge in [0, 0.05) is 11.1 Å². The van der Waals surface area contributed by atoms with Crippen LogP contribution in [-0.2, 0) is 12.8 Å². The standard InChI is InChI=1S/C25H20N8O2/c1-14-22(25(35)33(30-14)19-11-10-15-8-9-16(15)13-19)27-26-21-7-3-6-20(23(21)34)17-4-2-5-18(12-17)24-28-31-32-29-24/h2-7,10-13,30,34H,8-9H2,1H3,(H,28,29,31,32). The van der Waals surface area contributed by atoms with Gasteiger partial charge in [-0.1, -0.05) is 36.4 Å². The summed E-state index contributed by atoms with van der Waals surface area (Å²) in [6.07, 6.45) is 2.11. The highest BCUT2D eigenvalue weighted by atomic mass is 16.3. The fourth-order valence-corrected chi connectivity index (χ4v) is 4.22. The summed E-state index contributed by atoms with van der Waals surface area (Å²) in [5.41, 5.74) is 6.15. The topological polar surface area (TPSA) is 137 Å². The van der Waals surface area contributed by atoms with Crippen LogP contribution in [0.25, 0.3) is 28.2 Å². The molecule has 0 atom stereocenters. The zero-order valence-corrected chi connectivity index (χ0v) is 18.7. The number of aromatic hydroxyl groups is 1. The van der Waals surface area contributed by atoms with Crippen molar-refractivity contribution in [1.29, 1.82) is 0 Å². The Bertz CT molecular complexity index is 1650. The number of hydrogen-bond donors (Lipinski definition) is 3. The van der Waals surface area contributed by atoms with Crippen LogP contribution in [0.4, 0.5) is 11.4 Å². The van der Waals surface area contributed by atoms with E-state index in [9.17, 15) is 9.90 Å². The van der Waals surface area contributed by atoms with Crippen LogP contribution < -0.4 is 5.56 Å². The van der Waals surface area contributed by atoms with Crippen molar-refractivity contribution >= 4 is 11.4 Å². The number of phenolic OH excluding ortho intramolecular Hbond substituents is 1. The maximum absolute atomic E-state index is 13.0. The van der Waals surface area contributed by atoms with E-state index in [1.165, 1.54) is 15.8 Å². The number of azo groups is 1. The van der Waals surface area contributed by atoms with Crippen molar-refractivity contribution in [2.24, 2.45) is 10.2 Å². The highest BCUT2D eigenvalue weighted by Crippen LogP contribution is 2.38. The van der Waals surface area contributed by atoms with Crippen LogP contribution in [0.2, 0.25) is 0 Å². The number of rotatable bonds is 5. The van der Waals surface area contributed by atoms with Gasteiger partial charge in [0.25, 0.3) is 5.56 Å². The molecule has 2 aromatic heterocycles. The number of nitrogens with one attached hydrogen (secondary N) is 2. The monoisotopic (exact) mass is 464 g/mol. The van der Waals surface area contributed by atoms with Crippen molar-refractivity contribution in [3.05, 3.63) is 87.8 Å². The maximum atomic E-state index is 13.0. The second-order valence-corrected chi connectivity index (χ2v) is 8.37. The van der Waals surface area contributed by atoms with Gasteiger partial charge in [0.1, 0.15) is 5.69 Å². The van der Waals surface area contributed by atoms with Crippen molar-refractivity contribution in [3.8, 4) is 34.0 Å². The van der Waals surface area contributed by atoms with Gasteiger partial charge in [0.05, 0.1) is 11.4 Å². The molecule has 0 amide bonds. The zero-order valence-electron chi connectivity index (χ0n) is 18.7. The van der Waals surface area contributed by atoms with Gasteiger partial charge >= 0.3 is 0 Å². The minimum Gasteiger partial charge on any atom is -0.505 e. The van der Waals surface area contributed by atoms with Gasteiger partial charge in [-0.05, 0) is 65.9 Å². The third-order valence-electron chi connectivity index (χ3n) is 6.20. The van der Waals surface area contributed by atoms with Gasteiger partial charge in [0.15, 0.2) is 11.4 Å². The second-order valence-electron chi connectivity index (χ2n) is 8.37. The lowest BCUT2D eigenvalue weighted by Gasteiger charge is -2.19. The molecule has 0 bridgehead atoms. The summed E-state index contributed by atoms with van der Waals surface area (Å²) in [6.45, 7) is 1.77. The van der Waals surface area contributed by atoms with Crippen LogP contribution >= 0.6 is 0 Å². The molecule has 0 saturated carbocycles. The van der Waals surface area contributed by atoms with E-state index in [4.69, 9.17) is 0 Å². The molecule has 0 radical (unpaired) electrons. The van der Waals surface area contributed by atoms with Crippen molar-refractivity contribution in [2.75, 3.05) is 0 Å². The molecular weight excluding hydrogens is 444 g/mol. The number of tetrazole rings is 1. The maximum Gasteiger partial charge on any atom is 0.299 e. The minimum absolute atomic E-state index is 0.0441. The molecule has 0 spiro atoms. The lowest BCUT2D eigenvalue weighted by molar-refractivity contribution is 0.478. The molecule has 2 heterocycles. The molecule has 0 aliphatic heterocycles. The van der Waals surface area contributed by atoms with Gasteiger partial charge in [-0.3, -0.25) is 9.89 Å². The minimum atomic E-state index is -0.297. The molecule has 6 rings (SSSR count). The molecule has 0 unspecified atom stereocenters. The van der Waals surface area contributed by atoms with Crippen molar-refractivity contribution < 1.29 is 5.11 Å². The molecule has 10 nitrogen and oxygen atoms in total. The number of H-pyrrole nitrogens is 2. The molecule has 3 N–H and O–H groups in total. The first-order valence-electron chi connectivity index (χ1n) is 11.1. The molecule has 0 fully saturated rings. The average Bonchev–Trinajstić information content (AvgIpc) is 3.48. The number of aromatic amines is 2. The number of hydrogen-bond acceptors (Lipinski definition) is 7. The highest BCUT2D eigenvalue weighted by molar-refractivity contribution is 5.78. The Morgan fingerprint density at radius 1 is 0.971 bits per heavy atom. The Labute approximate surface area is 199 Å². The van der Waals surface area contributed by atoms with Crippen LogP contribution in [0.3, 0.4) is 0 Å². The first-order valence-corrected chi connectivity index (χ1v) is 11.1. The fraction of sp³-hybridized carbons (Fsp3) is 0.120. The van der Waals surface area contributed by atoms with Gasteiger partial charge < -0.3 is 5.11 Å². The number of aryl methyl sites for hydroxylation is 3. The van der Waals surface area contributed by atoms with E-state index in [0.29, 0.717) is 17.1 Å². The molecule has 0 saturated heterocycles. The third-order valence-corrected chi connectivity index (χ3v) is 6.20. The van der Waals surface area contributed by atoms with E-state index in [-0.39, 0.29) is 22.7 Å². The lowest BCUT2D eigenvalue weighted by Crippen LogP contribution is -2.16. The van der Waals surface area contributed by atoms with E-state index in [1.54, 1.807) is 25.1 Å². The van der Waals surface area contributed by atoms with Gasteiger partial charge in [0.2, 0.25) is 5.82 Å². The molecule has 1 aliphatic rings. The molecule has 3 aromatic carbocycles. The highest BCUT2D eigenvalue weighted by Gasteiger charge is 2.17. The molecule has 35 heavy (non-hydrogen) atoms. The fourth-order valence-electron chi connectivity index (χ4n) is 4.22. The van der Waals surface area contributed by atoms with Crippen LogP contribution in [0.15, 0.2) is 75.7 Å². The predicted molar refractivity (Wildman–Crippen MR) is 129 cm³/mol. The molecule has 10 heteroatoms. The summed E-state index contributed by atoms with van der Waals surface area (Å²) in [5.74, 6) is 0.409. The summed E-state index contributed by atoms with van der Waals surface area (Å²) in [5, 5.41) is 36.4. The number of nitrogens with zero attached hydrogens (tertiary/aromatic N) is 6. The smallest absolute Gasteiger partial charge is 0.299 e. The van der Waals surface area contributed by atoms with Gasteiger partial charge in [-0.25, -0.2) is 4.68 Å². The summed E-state index contributed by atoms with van der Waals surface area (Å²) in [4.78, 5) is 13.0. The number of fused-ring (bicyclic) bond motifs is 1. The number of phenols is 1. The van der Waals surface area contributed by atoms with Crippen LogP contribution in [0.5, 0.6) is 5.75 Å². The first kappa shape index (κ1) is 20.7. The molecular formula is C25H20N8O2. The van der Waals surface area contributed by atoms with Crippen molar-refractivity contribution in [3.63, 3.8) is 0 Å². The number of aromatic nitrogens is 6. The van der Waals surface area contributed by atoms with E-state index in [1.807, 2.05) is 36.4 Å². The van der Waals surface area contributed by atoms with Crippen molar-refractivity contribution in [1.82, 2.24) is 30.4 Å². The summed E-state index contributed by atoms with van der Waals surface area (Å²) >= 11 is 0. The van der Waals surface area contributed by atoms with Crippen LogP contribution in [0, 0.1) is 6.92 Å². The van der Waals surface area contributed by atoms with Crippen LogP contribution in [0.1, 0.15) is 16.8 Å². The molecule has 172 valence electrons. The SMILES string of the molecule is Cc1[nH]n(-c2ccc3c(c2)CC3)c(=O)c1N=Nc1cccc(-c2cccc(-c3nn[nH]n3)c2)c1O. The summed E-state index contributed by atoms with van der Waals surface area (Å²) < 4.78 is 1.47. The number of benzene rings is 3. The summed E-state index contributed by atoms with van der Waals surface area (Å²) in [7, 11) is 0. The Balaban J connectivity index is 1.33. The number of para-hydroxylation sites is 1. The summed E-state index contributed by atoms with van der Waals surface area (Å²) in [6, 6.07) is 18.6. The Hall–Kier alpha value is -4.86. The van der Waals surface area contributed by atoms with Crippen molar-refractivity contribution in [2.45, 2.75) is 19.8 Å². The molecule has 1 aliphatic carbocycles. The third kappa shape index (κ3) is 3.61. The van der Waals surface area contributed by atoms with E-state index in [0.717, 1.165) is 29.7 Å². The van der Waals surface area contributed by atoms with Gasteiger partial charge in [-0.2, -0.15) is 5.21 Å². The largest absolute Gasteiger partial charge is 0.505 e. The predicted octanol–water partition coefficient (Wildman–Crippen LogP) is 4.54. The normalized spacial score (nSPS) is 12.6. The quantitative estimate of drug-likeness (QED) is 0.328. The molecule has 5 aromatic rings. The van der Waals surface area contributed by atoms with Gasteiger partial charge in [-0.15, -0.1) is 20.4 Å². The first-order chi connectivity index (χ1) is 17.1. The average molecular weight is 464 g/mol. The zero-order chi connectivity index (χ0) is 23.9. The lowest BCUT2D eigenvalue weighted by atomic mass is 9.88. The Kier molecular flexibility index (Phi) is 4.84. The van der Waals surface area contributed by atoms with Crippen LogP contribution in [-0.4, -0.2) is 35.5 Å². The van der Waals surface area contributed by atoms with E-state index >= 15 is 0 Å².